The lowest BCUT2D eigenvalue weighted by molar-refractivity contribution is -0.123. The number of amides is 1. The molecule has 0 saturated carbocycles. The van der Waals surface area contributed by atoms with E-state index in [1.807, 2.05) is 0 Å². The molecule has 0 heterocycles. The normalized spacial score (nSPS) is 10.2. The first-order chi connectivity index (χ1) is 8.63. The maximum Gasteiger partial charge on any atom is 0.257 e. The average Bonchev–Trinajstić information content (AvgIpc) is 2.36. The van der Waals surface area contributed by atoms with Crippen molar-refractivity contribution in [3.63, 3.8) is 0 Å². The second-order valence-corrected chi connectivity index (χ2v) is 3.97. The highest BCUT2D eigenvalue weighted by atomic mass is 35.5. The van der Waals surface area contributed by atoms with Gasteiger partial charge >= 0.3 is 0 Å². The van der Waals surface area contributed by atoms with Gasteiger partial charge in [0, 0.05) is 26.3 Å². The van der Waals surface area contributed by atoms with Crippen LogP contribution in [0.2, 0.25) is 5.02 Å². The molecule has 1 aromatic carbocycles. The Morgan fingerprint density at radius 1 is 1.50 bits per heavy atom. The zero-order chi connectivity index (χ0) is 13.4. The number of rotatable bonds is 7. The quantitative estimate of drug-likeness (QED) is 0.775. The summed E-state index contributed by atoms with van der Waals surface area (Å²) in [6.07, 6.45) is 0.741. The number of nitrogens with one attached hydrogen (secondary N) is 1. The largest absolute Gasteiger partial charge is 0.484 e. The highest BCUT2D eigenvalue weighted by Gasteiger charge is 2.04. The van der Waals surface area contributed by atoms with Gasteiger partial charge in [0.05, 0.1) is 5.02 Å². The zero-order valence-corrected chi connectivity index (χ0v) is 10.8. The first-order valence-electron chi connectivity index (χ1n) is 5.47. The monoisotopic (exact) mass is 275 g/mol. The van der Waals surface area contributed by atoms with Crippen molar-refractivity contribution in [1.82, 2.24) is 5.32 Å². The number of benzene rings is 1. The van der Waals surface area contributed by atoms with Gasteiger partial charge in [-0.1, -0.05) is 11.6 Å². The van der Waals surface area contributed by atoms with E-state index in [1.165, 1.54) is 18.2 Å². The minimum Gasteiger partial charge on any atom is -0.484 e. The number of methoxy groups -OCH3 is 1. The van der Waals surface area contributed by atoms with E-state index in [9.17, 15) is 9.18 Å². The first-order valence-corrected chi connectivity index (χ1v) is 5.84. The minimum absolute atomic E-state index is 0.0343. The van der Waals surface area contributed by atoms with Gasteiger partial charge in [0.2, 0.25) is 0 Å². The van der Waals surface area contributed by atoms with Crippen LogP contribution >= 0.6 is 11.6 Å². The molecule has 100 valence electrons. The lowest BCUT2D eigenvalue weighted by atomic mass is 10.3. The molecule has 0 atom stereocenters. The highest BCUT2D eigenvalue weighted by molar-refractivity contribution is 6.30. The number of carbonyl (C=O) groups excluding carboxylic acids is 1. The van der Waals surface area contributed by atoms with E-state index in [2.05, 4.69) is 5.32 Å². The molecule has 0 aliphatic carbocycles. The van der Waals surface area contributed by atoms with Crippen molar-refractivity contribution in [2.24, 2.45) is 0 Å². The fraction of sp³-hybridized carbons (Fsp3) is 0.417. The van der Waals surface area contributed by atoms with Crippen LogP contribution < -0.4 is 10.1 Å². The van der Waals surface area contributed by atoms with E-state index in [1.54, 1.807) is 7.11 Å². The van der Waals surface area contributed by atoms with Gasteiger partial charge in [-0.05, 0) is 18.6 Å². The van der Waals surface area contributed by atoms with Crippen LogP contribution in [0.1, 0.15) is 6.42 Å². The van der Waals surface area contributed by atoms with Crippen molar-refractivity contribution in [3.8, 4) is 5.75 Å². The van der Waals surface area contributed by atoms with Gasteiger partial charge in [-0.25, -0.2) is 4.39 Å². The second kappa shape index (κ2) is 7.89. The van der Waals surface area contributed by atoms with Crippen LogP contribution in [0.25, 0.3) is 0 Å². The third-order valence-corrected chi connectivity index (χ3v) is 2.40. The molecule has 0 aromatic heterocycles. The van der Waals surface area contributed by atoms with Gasteiger partial charge in [-0.15, -0.1) is 0 Å². The number of carbonyl (C=O) groups is 1. The van der Waals surface area contributed by atoms with Gasteiger partial charge in [0.25, 0.3) is 5.91 Å². The summed E-state index contributed by atoms with van der Waals surface area (Å²) < 4.78 is 22.9. The average molecular weight is 276 g/mol. The third-order valence-electron chi connectivity index (χ3n) is 2.11. The molecule has 1 aromatic rings. The van der Waals surface area contributed by atoms with Gasteiger partial charge < -0.3 is 14.8 Å². The predicted molar refractivity (Wildman–Crippen MR) is 66.4 cm³/mol. The Morgan fingerprint density at radius 2 is 2.28 bits per heavy atom. The van der Waals surface area contributed by atoms with E-state index in [0.29, 0.717) is 18.9 Å². The van der Waals surface area contributed by atoms with Crippen molar-refractivity contribution >= 4 is 17.5 Å². The lowest BCUT2D eigenvalue weighted by Crippen LogP contribution is -2.30. The van der Waals surface area contributed by atoms with Crippen LogP contribution in [-0.4, -0.2) is 32.8 Å². The summed E-state index contributed by atoms with van der Waals surface area (Å²) in [5.74, 6) is -0.409. The van der Waals surface area contributed by atoms with Crippen molar-refractivity contribution in [2.45, 2.75) is 6.42 Å². The summed E-state index contributed by atoms with van der Waals surface area (Å²) in [5, 5.41) is 2.63. The van der Waals surface area contributed by atoms with Crippen molar-refractivity contribution in [1.29, 1.82) is 0 Å². The molecule has 0 fully saturated rings. The molecule has 0 bridgehead atoms. The fourth-order valence-corrected chi connectivity index (χ4v) is 1.38. The molecule has 18 heavy (non-hydrogen) atoms. The van der Waals surface area contributed by atoms with Crippen LogP contribution in [0.4, 0.5) is 4.39 Å². The maximum absolute atomic E-state index is 12.9. The van der Waals surface area contributed by atoms with Crippen molar-refractivity contribution in [2.75, 3.05) is 26.9 Å². The Balaban J connectivity index is 2.27. The Kier molecular flexibility index (Phi) is 6.46. The molecule has 0 spiro atoms. The fourth-order valence-electron chi connectivity index (χ4n) is 1.21. The van der Waals surface area contributed by atoms with Crippen LogP contribution in [0.5, 0.6) is 5.75 Å². The van der Waals surface area contributed by atoms with Gasteiger partial charge in [-0.2, -0.15) is 0 Å². The topological polar surface area (TPSA) is 47.6 Å². The molecular weight excluding hydrogens is 261 g/mol. The minimum atomic E-state index is -0.520. The SMILES string of the molecule is COCCCNC(=O)COc1ccc(F)c(Cl)c1. The van der Waals surface area contributed by atoms with E-state index >= 15 is 0 Å². The third kappa shape index (κ3) is 5.33. The van der Waals surface area contributed by atoms with E-state index < -0.39 is 5.82 Å². The lowest BCUT2D eigenvalue weighted by Gasteiger charge is -2.07. The van der Waals surface area contributed by atoms with Crippen molar-refractivity contribution < 1.29 is 18.7 Å². The smallest absolute Gasteiger partial charge is 0.257 e. The Morgan fingerprint density at radius 3 is 2.94 bits per heavy atom. The van der Waals surface area contributed by atoms with Crippen molar-refractivity contribution in [3.05, 3.63) is 29.0 Å². The van der Waals surface area contributed by atoms with Gasteiger partial charge in [0.15, 0.2) is 6.61 Å². The van der Waals surface area contributed by atoms with E-state index in [0.717, 1.165) is 6.42 Å². The molecule has 0 aliphatic heterocycles. The molecule has 0 aliphatic rings. The van der Waals surface area contributed by atoms with Gasteiger partial charge in [-0.3, -0.25) is 4.79 Å². The van der Waals surface area contributed by atoms with E-state index in [4.69, 9.17) is 21.1 Å². The molecular formula is C12H15ClFNO3. The molecule has 0 saturated heterocycles. The molecule has 4 nitrogen and oxygen atoms in total. The summed E-state index contributed by atoms with van der Waals surface area (Å²) >= 11 is 5.58. The molecule has 6 heteroatoms. The Labute approximate surface area is 110 Å². The Bertz CT molecular complexity index is 401. The van der Waals surface area contributed by atoms with Crippen LogP contribution in [0.3, 0.4) is 0 Å². The van der Waals surface area contributed by atoms with Crippen LogP contribution in [-0.2, 0) is 9.53 Å². The summed E-state index contributed by atoms with van der Waals surface area (Å²) in [5.41, 5.74) is 0. The number of ether oxygens (including phenoxy) is 2. The van der Waals surface area contributed by atoms with Crippen LogP contribution in [0, 0.1) is 5.82 Å². The molecule has 1 amide bonds. The molecule has 0 radical (unpaired) electrons. The number of halogens is 2. The predicted octanol–water partition coefficient (Wildman–Crippen LogP) is 2.01. The first kappa shape index (κ1) is 14.7. The van der Waals surface area contributed by atoms with Crippen LogP contribution in [0.15, 0.2) is 18.2 Å². The Hall–Kier alpha value is -1.33. The second-order valence-electron chi connectivity index (χ2n) is 3.56. The number of hydrogen-bond donors (Lipinski definition) is 1. The standard InChI is InChI=1S/C12H15ClFNO3/c1-17-6-2-5-15-12(16)8-18-9-3-4-11(14)10(13)7-9/h3-4,7H,2,5-6,8H2,1H3,(H,15,16). The molecule has 1 rings (SSSR count). The zero-order valence-electron chi connectivity index (χ0n) is 10.0. The maximum atomic E-state index is 12.9. The molecule has 1 N–H and O–H groups in total. The summed E-state index contributed by atoms with van der Waals surface area (Å²) in [4.78, 5) is 11.3. The van der Waals surface area contributed by atoms with Gasteiger partial charge in [0.1, 0.15) is 11.6 Å². The summed E-state index contributed by atoms with van der Waals surface area (Å²) in [7, 11) is 1.60. The highest BCUT2D eigenvalue weighted by Crippen LogP contribution is 2.20. The number of hydrogen-bond acceptors (Lipinski definition) is 3. The van der Waals surface area contributed by atoms with E-state index in [-0.39, 0.29) is 17.5 Å². The molecule has 0 unspecified atom stereocenters. The summed E-state index contributed by atoms with van der Waals surface area (Å²) in [6.45, 7) is 0.990. The summed E-state index contributed by atoms with van der Waals surface area (Å²) in [6, 6.07) is 3.93.